The summed E-state index contributed by atoms with van der Waals surface area (Å²) in [5, 5.41) is 4.92. The van der Waals surface area contributed by atoms with E-state index in [1.54, 1.807) is 0 Å². The minimum Gasteiger partial charge on any atom is -0.309 e. The summed E-state index contributed by atoms with van der Waals surface area (Å²) in [7, 11) is 0. The Balaban J connectivity index is 1.90. The SMILES string of the molecule is CCNC(c1ccc2ccccc2n1)C1CCCC(C)C1. The van der Waals surface area contributed by atoms with Crippen molar-refractivity contribution >= 4 is 10.9 Å². The third-order valence-electron chi connectivity index (χ3n) is 4.81. The van der Waals surface area contributed by atoms with Crippen LogP contribution in [0.3, 0.4) is 0 Å². The van der Waals surface area contributed by atoms with E-state index >= 15 is 0 Å². The van der Waals surface area contributed by atoms with Gasteiger partial charge in [0.25, 0.3) is 0 Å². The van der Waals surface area contributed by atoms with Crippen LogP contribution in [0.1, 0.15) is 51.3 Å². The van der Waals surface area contributed by atoms with Gasteiger partial charge in [0.05, 0.1) is 17.3 Å². The van der Waals surface area contributed by atoms with Crippen LogP contribution in [0.4, 0.5) is 0 Å². The van der Waals surface area contributed by atoms with Crippen LogP contribution in [0.15, 0.2) is 36.4 Å². The predicted molar refractivity (Wildman–Crippen MR) is 89.3 cm³/mol. The van der Waals surface area contributed by atoms with Crippen LogP contribution in [0.5, 0.6) is 0 Å². The number of para-hydroxylation sites is 1. The zero-order chi connectivity index (χ0) is 14.7. The summed E-state index contributed by atoms with van der Waals surface area (Å²) >= 11 is 0. The van der Waals surface area contributed by atoms with Crippen molar-refractivity contribution in [2.24, 2.45) is 11.8 Å². The average Bonchev–Trinajstić information content (AvgIpc) is 2.52. The average molecular weight is 282 g/mol. The molecule has 112 valence electrons. The zero-order valence-corrected chi connectivity index (χ0v) is 13.2. The monoisotopic (exact) mass is 282 g/mol. The Bertz CT molecular complexity index is 593. The minimum absolute atomic E-state index is 0.405. The molecule has 1 aromatic carbocycles. The molecule has 0 saturated heterocycles. The van der Waals surface area contributed by atoms with Crippen LogP contribution < -0.4 is 5.32 Å². The van der Waals surface area contributed by atoms with Crippen LogP contribution in [-0.2, 0) is 0 Å². The second-order valence-corrected chi connectivity index (χ2v) is 6.50. The molecule has 3 atom stereocenters. The van der Waals surface area contributed by atoms with Crippen molar-refractivity contribution in [1.29, 1.82) is 0 Å². The number of nitrogens with one attached hydrogen (secondary N) is 1. The van der Waals surface area contributed by atoms with Gasteiger partial charge in [-0.2, -0.15) is 0 Å². The van der Waals surface area contributed by atoms with Crippen LogP contribution in [-0.4, -0.2) is 11.5 Å². The fourth-order valence-corrected chi connectivity index (χ4v) is 3.77. The van der Waals surface area contributed by atoms with Crippen molar-refractivity contribution in [2.75, 3.05) is 6.54 Å². The molecule has 1 heterocycles. The lowest BCUT2D eigenvalue weighted by atomic mass is 9.77. The lowest BCUT2D eigenvalue weighted by Crippen LogP contribution is -2.31. The molecular weight excluding hydrogens is 256 g/mol. The number of rotatable bonds is 4. The van der Waals surface area contributed by atoms with Crippen LogP contribution in [0.2, 0.25) is 0 Å². The number of fused-ring (bicyclic) bond motifs is 1. The first kappa shape index (κ1) is 14.5. The number of pyridine rings is 1. The molecule has 1 fully saturated rings. The maximum atomic E-state index is 4.93. The first-order valence-corrected chi connectivity index (χ1v) is 8.37. The van der Waals surface area contributed by atoms with E-state index in [0.717, 1.165) is 23.9 Å². The summed E-state index contributed by atoms with van der Waals surface area (Å²) in [6.07, 6.45) is 5.41. The third-order valence-corrected chi connectivity index (χ3v) is 4.81. The number of aromatic nitrogens is 1. The molecular formula is C19H26N2. The largest absolute Gasteiger partial charge is 0.309 e. The van der Waals surface area contributed by atoms with Gasteiger partial charge < -0.3 is 5.32 Å². The van der Waals surface area contributed by atoms with E-state index in [4.69, 9.17) is 4.98 Å². The molecule has 1 saturated carbocycles. The Morgan fingerprint density at radius 1 is 1.19 bits per heavy atom. The highest BCUT2D eigenvalue weighted by Crippen LogP contribution is 2.36. The van der Waals surface area contributed by atoms with Gasteiger partial charge in [-0.15, -0.1) is 0 Å². The first-order chi connectivity index (χ1) is 10.3. The number of hydrogen-bond donors (Lipinski definition) is 1. The topological polar surface area (TPSA) is 24.9 Å². The number of benzene rings is 1. The molecule has 3 rings (SSSR count). The number of hydrogen-bond acceptors (Lipinski definition) is 2. The molecule has 0 radical (unpaired) electrons. The van der Waals surface area contributed by atoms with Gasteiger partial charge in [0, 0.05) is 5.39 Å². The highest BCUT2D eigenvalue weighted by molar-refractivity contribution is 5.78. The highest BCUT2D eigenvalue weighted by atomic mass is 14.9. The maximum Gasteiger partial charge on any atom is 0.0706 e. The Morgan fingerprint density at radius 2 is 2.05 bits per heavy atom. The lowest BCUT2D eigenvalue weighted by molar-refractivity contribution is 0.223. The fraction of sp³-hybridized carbons (Fsp3) is 0.526. The first-order valence-electron chi connectivity index (χ1n) is 8.37. The van der Waals surface area contributed by atoms with Crippen molar-refractivity contribution in [3.8, 4) is 0 Å². The molecule has 0 aliphatic heterocycles. The van der Waals surface area contributed by atoms with Gasteiger partial charge in [-0.25, -0.2) is 0 Å². The lowest BCUT2D eigenvalue weighted by Gasteiger charge is -2.33. The van der Waals surface area contributed by atoms with Crippen LogP contribution >= 0.6 is 0 Å². The molecule has 3 unspecified atom stereocenters. The van der Waals surface area contributed by atoms with Gasteiger partial charge in [-0.05, 0) is 43.4 Å². The molecule has 0 spiro atoms. The minimum atomic E-state index is 0.405. The fourth-order valence-electron chi connectivity index (χ4n) is 3.77. The molecule has 1 aliphatic carbocycles. The van der Waals surface area contributed by atoms with E-state index in [1.165, 1.54) is 36.8 Å². The third kappa shape index (κ3) is 3.26. The molecule has 21 heavy (non-hydrogen) atoms. The van der Waals surface area contributed by atoms with E-state index < -0.39 is 0 Å². The van der Waals surface area contributed by atoms with Crippen molar-refractivity contribution < 1.29 is 0 Å². The molecule has 1 aliphatic rings. The molecule has 1 N–H and O–H groups in total. The summed E-state index contributed by atoms with van der Waals surface area (Å²) in [5.74, 6) is 1.58. The summed E-state index contributed by atoms with van der Waals surface area (Å²) < 4.78 is 0. The predicted octanol–water partition coefficient (Wildman–Crippen LogP) is 4.71. The van der Waals surface area contributed by atoms with Crippen molar-refractivity contribution in [3.05, 3.63) is 42.1 Å². The highest BCUT2D eigenvalue weighted by Gasteiger charge is 2.28. The van der Waals surface area contributed by atoms with Crippen LogP contribution in [0, 0.1) is 11.8 Å². The van der Waals surface area contributed by atoms with Gasteiger partial charge in [0.15, 0.2) is 0 Å². The summed E-state index contributed by atoms with van der Waals surface area (Å²) in [5.41, 5.74) is 2.33. The number of nitrogens with zero attached hydrogens (tertiary/aromatic N) is 1. The second kappa shape index (κ2) is 6.57. The van der Waals surface area contributed by atoms with Crippen molar-refractivity contribution in [1.82, 2.24) is 10.3 Å². The van der Waals surface area contributed by atoms with Gasteiger partial charge >= 0.3 is 0 Å². The van der Waals surface area contributed by atoms with Crippen molar-refractivity contribution in [2.45, 2.75) is 45.6 Å². The van der Waals surface area contributed by atoms with Crippen LogP contribution in [0.25, 0.3) is 10.9 Å². The molecule has 0 bridgehead atoms. The van der Waals surface area contributed by atoms with E-state index in [9.17, 15) is 0 Å². The van der Waals surface area contributed by atoms with E-state index in [2.05, 4.69) is 55.6 Å². The van der Waals surface area contributed by atoms with Crippen molar-refractivity contribution in [3.63, 3.8) is 0 Å². The smallest absolute Gasteiger partial charge is 0.0706 e. The van der Waals surface area contributed by atoms with Gasteiger partial charge in [0.1, 0.15) is 0 Å². The zero-order valence-electron chi connectivity index (χ0n) is 13.2. The molecule has 2 heteroatoms. The molecule has 0 amide bonds. The maximum absolute atomic E-state index is 4.93. The van der Waals surface area contributed by atoms with E-state index in [0.29, 0.717) is 6.04 Å². The Hall–Kier alpha value is -1.41. The quantitative estimate of drug-likeness (QED) is 0.878. The Morgan fingerprint density at radius 3 is 2.86 bits per heavy atom. The van der Waals surface area contributed by atoms with Gasteiger partial charge in [0.2, 0.25) is 0 Å². The van der Waals surface area contributed by atoms with Gasteiger partial charge in [-0.1, -0.05) is 51.0 Å². The Labute approximate surface area is 128 Å². The summed E-state index contributed by atoms with van der Waals surface area (Å²) in [6.45, 7) is 5.59. The second-order valence-electron chi connectivity index (χ2n) is 6.50. The molecule has 2 nitrogen and oxygen atoms in total. The normalized spacial score (nSPS) is 24.1. The van der Waals surface area contributed by atoms with Gasteiger partial charge in [-0.3, -0.25) is 4.98 Å². The molecule has 1 aromatic heterocycles. The van der Waals surface area contributed by atoms with E-state index in [1.807, 2.05) is 0 Å². The summed E-state index contributed by atoms with van der Waals surface area (Å²) in [6, 6.07) is 13.2. The van der Waals surface area contributed by atoms with E-state index in [-0.39, 0.29) is 0 Å². The summed E-state index contributed by atoms with van der Waals surface area (Å²) in [4.78, 5) is 4.93. The standard InChI is InChI=1S/C19H26N2/c1-3-20-19(16-9-6-7-14(2)13-16)18-12-11-15-8-4-5-10-17(15)21-18/h4-5,8,10-12,14,16,19-20H,3,6-7,9,13H2,1-2H3. The Kier molecular flexibility index (Phi) is 4.54. The molecule has 2 aromatic rings.